The molecule has 1 unspecified atom stereocenters. The van der Waals surface area contributed by atoms with Crippen LogP contribution in [0, 0.1) is 0 Å². The summed E-state index contributed by atoms with van der Waals surface area (Å²) in [7, 11) is 0. The number of hydrogen-bond acceptors (Lipinski definition) is 0. The second kappa shape index (κ2) is 6.49. The fourth-order valence-corrected chi connectivity index (χ4v) is 4.75. The van der Waals surface area contributed by atoms with Crippen LogP contribution >= 0.6 is 0 Å². The first-order valence-electron chi connectivity index (χ1n) is 10.2. The number of H-pyrrole nitrogens is 1. The minimum atomic E-state index is 0.446. The molecule has 0 fully saturated rings. The molecule has 1 atom stereocenters. The molecule has 0 saturated heterocycles. The fraction of sp³-hybridized carbons (Fsp3) is 0.0714. The van der Waals surface area contributed by atoms with Crippen LogP contribution in [0.4, 0.5) is 0 Å². The van der Waals surface area contributed by atoms with Crippen LogP contribution in [0.5, 0.6) is 0 Å². The minimum absolute atomic E-state index is 0.446. The maximum Gasteiger partial charge on any atom is 0.0468 e. The Morgan fingerprint density at radius 3 is 2.17 bits per heavy atom. The number of aromatic nitrogens is 1. The van der Waals surface area contributed by atoms with Crippen molar-refractivity contribution in [1.82, 2.24) is 4.98 Å². The van der Waals surface area contributed by atoms with E-state index in [0.29, 0.717) is 5.92 Å². The standard InChI is InChI=1S/C28H21N/c1-4-10-24-19(7-1)13-14-22(24)18-23-15-16-27(29-23)28-25-11-5-2-8-20(25)17-21-9-3-6-12-26(21)28/h1-17,22,29H,18H2. The van der Waals surface area contributed by atoms with Gasteiger partial charge in [-0.2, -0.15) is 0 Å². The van der Waals surface area contributed by atoms with E-state index < -0.39 is 0 Å². The van der Waals surface area contributed by atoms with Gasteiger partial charge in [-0.3, -0.25) is 0 Å². The highest BCUT2D eigenvalue weighted by atomic mass is 14.7. The molecular formula is C28H21N. The van der Waals surface area contributed by atoms with Crippen molar-refractivity contribution in [2.75, 3.05) is 0 Å². The van der Waals surface area contributed by atoms with Crippen LogP contribution in [0.1, 0.15) is 22.7 Å². The lowest BCUT2D eigenvalue weighted by Gasteiger charge is -2.12. The zero-order valence-corrected chi connectivity index (χ0v) is 16.1. The van der Waals surface area contributed by atoms with Crippen LogP contribution in [-0.4, -0.2) is 4.98 Å². The zero-order chi connectivity index (χ0) is 19.2. The highest BCUT2D eigenvalue weighted by Gasteiger charge is 2.18. The summed E-state index contributed by atoms with van der Waals surface area (Å²) in [6.45, 7) is 0. The van der Waals surface area contributed by atoms with Crippen LogP contribution in [0.25, 0.3) is 38.9 Å². The first-order chi connectivity index (χ1) is 14.4. The second-order valence-corrected chi connectivity index (χ2v) is 7.89. The smallest absolute Gasteiger partial charge is 0.0468 e. The van der Waals surface area contributed by atoms with Gasteiger partial charge in [-0.15, -0.1) is 0 Å². The van der Waals surface area contributed by atoms with Crippen molar-refractivity contribution >= 4 is 27.6 Å². The Hall–Kier alpha value is -3.58. The second-order valence-electron chi connectivity index (χ2n) is 7.89. The number of nitrogens with one attached hydrogen (secondary N) is 1. The van der Waals surface area contributed by atoms with Gasteiger partial charge in [0.2, 0.25) is 0 Å². The van der Waals surface area contributed by atoms with Gasteiger partial charge in [0.05, 0.1) is 0 Å². The molecule has 1 heterocycles. The Bertz CT molecular complexity index is 1330. The summed E-state index contributed by atoms with van der Waals surface area (Å²) in [6.07, 6.45) is 5.58. The molecule has 138 valence electrons. The Morgan fingerprint density at radius 2 is 1.38 bits per heavy atom. The van der Waals surface area contributed by atoms with Gasteiger partial charge in [-0.05, 0) is 57.3 Å². The van der Waals surface area contributed by atoms with E-state index in [1.165, 1.54) is 49.6 Å². The lowest BCUT2D eigenvalue weighted by molar-refractivity contribution is 0.829. The average molecular weight is 371 g/mol. The van der Waals surface area contributed by atoms with Crippen LogP contribution in [0.15, 0.2) is 97.1 Å². The van der Waals surface area contributed by atoms with Crippen molar-refractivity contribution in [2.45, 2.75) is 12.3 Å². The van der Waals surface area contributed by atoms with E-state index in [9.17, 15) is 0 Å². The molecule has 0 aliphatic heterocycles. The average Bonchev–Trinajstić information content (AvgIpc) is 3.40. The molecule has 1 N–H and O–H groups in total. The van der Waals surface area contributed by atoms with Gasteiger partial charge in [0.25, 0.3) is 0 Å². The quantitative estimate of drug-likeness (QED) is 0.319. The van der Waals surface area contributed by atoms with Gasteiger partial charge < -0.3 is 4.98 Å². The molecule has 1 heteroatoms. The first-order valence-corrected chi connectivity index (χ1v) is 10.2. The molecule has 5 aromatic rings. The van der Waals surface area contributed by atoms with Gasteiger partial charge in [0.1, 0.15) is 0 Å². The van der Waals surface area contributed by atoms with Gasteiger partial charge in [-0.1, -0.05) is 84.9 Å². The van der Waals surface area contributed by atoms with Gasteiger partial charge in [0, 0.05) is 22.9 Å². The van der Waals surface area contributed by atoms with E-state index in [1.807, 2.05) is 0 Å². The number of benzene rings is 4. The minimum Gasteiger partial charge on any atom is -0.358 e. The van der Waals surface area contributed by atoms with Crippen LogP contribution in [-0.2, 0) is 6.42 Å². The number of fused-ring (bicyclic) bond motifs is 3. The van der Waals surface area contributed by atoms with E-state index in [4.69, 9.17) is 0 Å². The van der Waals surface area contributed by atoms with E-state index in [1.54, 1.807) is 0 Å². The van der Waals surface area contributed by atoms with Crippen molar-refractivity contribution in [3.8, 4) is 11.3 Å². The fourth-order valence-electron chi connectivity index (χ4n) is 4.75. The van der Waals surface area contributed by atoms with E-state index in [-0.39, 0.29) is 0 Å². The molecule has 1 aliphatic rings. The maximum absolute atomic E-state index is 3.74. The summed E-state index contributed by atoms with van der Waals surface area (Å²) in [5, 5.41) is 5.16. The van der Waals surface area contributed by atoms with Crippen molar-refractivity contribution in [3.63, 3.8) is 0 Å². The van der Waals surface area contributed by atoms with E-state index in [2.05, 4.69) is 108 Å². The largest absolute Gasteiger partial charge is 0.358 e. The van der Waals surface area contributed by atoms with Crippen molar-refractivity contribution in [3.05, 3.63) is 114 Å². The third kappa shape index (κ3) is 2.70. The number of allylic oxidation sites excluding steroid dienone is 1. The summed E-state index contributed by atoms with van der Waals surface area (Å²) in [5.41, 5.74) is 6.56. The Kier molecular flexibility index (Phi) is 3.67. The molecule has 0 amide bonds. The maximum atomic E-state index is 3.74. The molecule has 6 rings (SSSR count). The monoisotopic (exact) mass is 371 g/mol. The lowest BCUT2D eigenvalue weighted by Crippen LogP contribution is -1.98. The molecule has 4 aromatic carbocycles. The molecule has 1 aromatic heterocycles. The predicted octanol–water partition coefficient (Wildman–Crippen LogP) is 7.34. The van der Waals surface area contributed by atoms with Crippen molar-refractivity contribution < 1.29 is 0 Å². The topological polar surface area (TPSA) is 15.8 Å². The summed E-state index contributed by atoms with van der Waals surface area (Å²) >= 11 is 0. The van der Waals surface area contributed by atoms with Gasteiger partial charge >= 0.3 is 0 Å². The van der Waals surface area contributed by atoms with Gasteiger partial charge in [-0.25, -0.2) is 0 Å². The van der Waals surface area contributed by atoms with Crippen molar-refractivity contribution in [1.29, 1.82) is 0 Å². The summed E-state index contributed by atoms with van der Waals surface area (Å²) in [4.78, 5) is 3.74. The van der Waals surface area contributed by atoms with E-state index >= 15 is 0 Å². The number of rotatable bonds is 3. The first kappa shape index (κ1) is 16.4. The highest BCUT2D eigenvalue weighted by molar-refractivity contribution is 6.12. The van der Waals surface area contributed by atoms with E-state index in [0.717, 1.165) is 6.42 Å². The molecule has 0 spiro atoms. The molecule has 0 radical (unpaired) electrons. The Labute approximate surface area is 170 Å². The normalized spacial score (nSPS) is 15.2. The molecule has 0 bridgehead atoms. The molecule has 1 nitrogen and oxygen atoms in total. The van der Waals surface area contributed by atoms with Crippen molar-refractivity contribution in [2.24, 2.45) is 0 Å². The molecule has 1 aliphatic carbocycles. The van der Waals surface area contributed by atoms with Crippen LogP contribution < -0.4 is 0 Å². The number of aromatic amines is 1. The van der Waals surface area contributed by atoms with Crippen LogP contribution in [0.2, 0.25) is 0 Å². The molecule has 29 heavy (non-hydrogen) atoms. The summed E-state index contributed by atoms with van der Waals surface area (Å²) in [6, 6.07) is 32.9. The summed E-state index contributed by atoms with van der Waals surface area (Å²) < 4.78 is 0. The molecular weight excluding hydrogens is 350 g/mol. The highest BCUT2D eigenvalue weighted by Crippen LogP contribution is 2.37. The zero-order valence-electron chi connectivity index (χ0n) is 16.1. The third-order valence-electron chi connectivity index (χ3n) is 6.13. The summed E-state index contributed by atoms with van der Waals surface area (Å²) in [5.74, 6) is 0.446. The predicted molar refractivity (Wildman–Crippen MR) is 123 cm³/mol. The Morgan fingerprint density at radius 1 is 0.690 bits per heavy atom. The SMILES string of the molecule is C1=CC(Cc2ccc(-c3c4ccccc4cc4ccccc34)[nH]2)c2ccccc21. The van der Waals surface area contributed by atoms with Gasteiger partial charge in [0.15, 0.2) is 0 Å². The third-order valence-corrected chi connectivity index (χ3v) is 6.13. The lowest BCUT2D eigenvalue weighted by atomic mass is 9.95. The number of hydrogen-bond donors (Lipinski definition) is 1. The Balaban J connectivity index is 1.45. The molecule has 0 saturated carbocycles. The van der Waals surface area contributed by atoms with Crippen LogP contribution in [0.3, 0.4) is 0 Å².